The van der Waals surface area contributed by atoms with Gasteiger partial charge in [-0.2, -0.15) is 31.2 Å². The lowest BCUT2D eigenvalue weighted by molar-refractivity contribution is -0.277. The normalized spacial score (nSPS) is 20.1. The van der Waals surface area contributed by atoms with Crippen molar-refractivity contribution < 1.29 is 64.8 Å². The van der Waals surface area contributed by atoms with E-state index in [4.69, 9.17) is 18.6 Å². The number of nitrogens with zero attached hydrogens (tertiary/aromatic N) is 4. The van der Waals surface area contributed by atoms with Crippen LogP contribution in [0.4, 0.5) is 41.6 Å². The van der Waals surface area contributed by atoms with Crippen molar-refractivity contribution >= 4 is 17.9 Å². The summed E-state index contributed by atoms with van der Waals surface area (Å²) in [6, 6.07) is 0.256. The maximum atomic E-state index is 14.4. The molecular formula is C27H34F6N4O8. The van der Waals surface area contributed by atoms with Gasteiger partial charge in [-0.25, -0.2) is 14.6 Å². The fourth-order valence-electron chi connectivity index (χ4n) is 4.12. The molecule has 1 aliphatic rings. The minimum absolute atomic E-state index is 0.0460. The summed E-state index contributed by atoms with van der Waals surface area (Å²) in [5.41, 5.74) is -9.85. The van der Waals surface area contributed by atoms with Gasteiger partial charge in [-0.15, -0.1) is 10.2 Å². The Balaban J connectivity index is 2.43. The van der Waals surface area contributed by atoms with Crippen molar-refractivity contribution in [2.24, 2.45) is 0 Å². The Bertz CT molecular complexity index is 1360. The maximum absolute atomic E-state index is 14.4. The molecule has 3 rings (SSSR count). The van der Waals surface area contributed by atoms with E-state index in [1.807, 2.05) is 0 Å². The van der Waals surface area contributed by atoms with Crippen molar-refractivity contribution in [2.75, 3.05) is 11.5 Å². The van der Waals surface area contributed by atoms with Gasteiger partial charge in [0.2, 0.25) is 11.5 Å². The van der Waals surface area contributed by atoms with Crippen LogP contribution in [0.1, 0.15) is 85.1 Å². The summed E-state index contributed by atoms with van der Waals surface area (Å²) in [6.45, 7) is 7.60. The smallest absolute Gasteiger partial charge is 0.426 e. The molecule has 2 N–H and O–H groups in total. The van der Waals surface area contributed by atoms with Crippen molar-refractivity contribution in [2.45, 2.75) is 109 Å². The molecule has 0 radical (unpaired) electrons. The van der Waals surface area contributed by atoms with E-state index in [9.17, 15) is 46.1 Å². The first-order valence-electron chi connectivity index (χ1n) is 13.8. The first-order valence-corrected chi connectivity index (χ1v) is 13.8. The third kappa shape index (κ3) is 8.53. The summed E-state index contributed by atoms with van der Waals surface area (Å²) in [5.74, 6) is -3.54. The summed E-state index contributed by atoms with van der Waals surface area (Å²) in [7, 11) is 0. The standard InChI is InChI=1S/C27H34F6N4O8/c1-23(2,3)44-21(39)37(22(40)45-24(4,5)6)16-12-15(26(28,29)30)18-34-17(16)19-35-36-20(43-19)25(41,27(31,32)33)11-9-7-8-10-14(13-38)42-18/h12,14,38,41H,7-11,13H2,1-6H3/t14-,25-/m1/s1. The number of halogens is 6. The molecule has 3 heterocycles. The third-order valence-electron chi connectivity index (χ3n) is 6.16. The summed E-state index contributed by atoms with van der Waals surface area (Å²) >= 11 is 0. The maximum Gasteiger partial charge on any atom is 0.426 e. The molecule has 2 atom stereocenters. The summed E-state index contributed by atoms with van der Waals surface area (Å²) in [6.07, 6.45) is -16.1. The lowest BCUT2D eigenvalue weighted by Crippen LogP contribution is -2.44. The molecule has 0 fully saturated rings. The topological polar surface area (TPSA) is 157 Å². The number of pyridine rings is 1. The molecule has 18 heteroatoms. The summed E-state index contributed by atoms with van der Waals surface area (Å²) in [4.78, 5) is 30.5. The predicted octanol–water partition coefficient (Wildman–Crippen LogP) is 6.28. The van der Waals surface area contributed by atoms with Crippen molar-refractivity contribution in [3.05, 3.63) is 17.5 Å². The highest BCUT2D eigenvalue weighted by Crippen LogP contribution is 2.46. The molecule has 4 bridgehead atoms. The molecule has 0 aliphatic carbocycles. The number of carbonyl (C=O) groups excluding carboxylic acids is 2. The SMILES string of the molecule is CC(C)(C)OC(=O)N(C(=O)OC(C)(C)C)c1cc(C(F)(F)F)c2nc1-c1nnc(o1)[C@@](O)(C(F)(F)F)CCCCC[C@H](CO)O2. The van der Waals surface area contributed by atoms with E-state index in [1.54, 1.807) is 0 Å². The van der Waals surface area contributed by atoms with E-state index in [2.05, 4.69) is 15.2 Å². The van der Waals surface area contributed by atoms with Crippen LogP contribution >= 0.6 is 0 Å². The Morgan fingerprint density at radius 1 is 0.978 bits per heavy atom. The second-order valence-corrected chi connectivity index (χ2v) is 12.3. The van der Waals surface area contributed by atoms with E-state index in [0.29, 0.717) is 0 Å². The predicted molar refractivity (Wildman–Crippen MR) is 142 cm³/mol. The summed E-state index contributed by atoms with van der Waals surface area (Å²) in [5, 5.41) is 27.3. The molecule has 45 heavy (non-hydrogen) atoms. The van der Waals surface area contributed by atoms with E-state index in [-0.39, 0.29) is 36.6 Å². The van der Waals surface area contributed by atoms with Crippen LogP contribution in [0.15, 0.2) is 10.5 Å². The lowest BCUT2D eigenvalue weighted by Gasteiger charge is -2.30. The van der Waals surface area contributed by atoms with Gasteiger partial charge >= 0.3 is 24.5 Å². The molecule has 12 nitrogen and oxygen atoms in total. The fraction of sp³-hybridized carbons (Fsp3) is 0.667. The zero-order valence-electron chi connectivity index (χ0n) is 25.3. The molecule has 2 aromatic rings. The monoisotopic (exact) mass is 656 g/mol. The number of imide groups is 1. The number of carbonyl (C=O) groups is 2. The number of rotatable bonds is 2. The first kappa shape index (κ1) is 35.8. The Hall–Kier alpha value is -3.67. The number of aromatic nitrogens is 3. The number of fused-ring (bicyclic) bond motifs is 5. The largest absolute Gasteiger partial charge is 0.471 e. The Morgan fingerprint density at radius 3 is 2.04 bits per heavy atom. The third-order valence-corrected chi connectivity index (χ3v) is 6.16. The second kappa shape index (κ2) is 12.6. The first-order chi connectivity index (χ1) is 20.5. The number of amides is 2. The molecule has 2 amide bonds. The zero-order chi connectivity index (χ0) is 34.2. The van der Waals surface area contributed by atoms with E-state index in [1.165, 1.54) is 41.5 Å². The molecule has 0 saturated heterocycles. The van der Waals surface area contributed by atoms with Crippen LogP contribution in [0.3, 0.4) is 0 Å². The quantitative estimate of drug-likeness (QED) is 0.351. The average molecular weight is 657 g/mol. The van der Waals surface area contributed by atoms with E-state index in [0.717, 1.165) is 0 Å². The Labute approximate surface area is 253 Å². The van der Waals surface area contributed by atoms with Crippen LogP contribution < -0.4 is 9.64 Å². The van der Waals surface area contributed by atoms with Crippen LogP contribution in [0, 0.1) is 0 Å². The Kier molecular flexibility index (Phi) is 10.0. The highest BCUT2D eigenvalue weighted by atomic mass is 19.4. The average Bonchev–Trinajstić information content (AvgIpc) is 3.34. The van der Waals surface area contributed by atoms with Gasteiger partial charge in [-0.05, 0) is 73.3 Å². The van der Waals surface area contributed by atoms with Crippen LogP contribution in [-0.2, 0) is 21.3 Å². The second-order valence-electron chi connectivity index (χ2n) is 12.3. The highest BCUT2D eigenvalue weighted by Gasteiger charge is 2.58. The number of aliphatic hydroxyl groups excluding tert-OH is 1. The molecule has 252 valence electrons. The molecule has 0 unspecified atom stereocenters. The van der Waals surface area contributed by atoms with Gasteiger partial charge in [0.25, 0.3) is 11.8 Å². The van der Waals surface area contributed by atoms with Crippen molar-refractivity contribution in [3.63, 3.8) is 0 Å². The van der Waals surface area contributed by atoms with Gasteiger partial charge in [0.15, 0.2) is 5.69 Å². The molecule has 1 aliphatic heterocycles. The highest BCUT2D eigenvalue weighted by molar-refractivity contribution is 6.11. The number of alkyl halides is 6. The van der Waals surface area contributed by atoms with Crippen LogP contribution in [0.2, 0.25) is 0 Å². The molecule has 0 aromatic carbocycles. The van der Waals surface area contributed by atoms with Crippen molar-refractivity contribution in [1.29, 1.82) is 0 Å². The van der Waals surface area contributed by atoms with Crippen molar-refractivity contribution in [1.82, 2.24) is 15.2 Å². The van der Waals surface area contributed by atoms with Gasteiger partial charge in [0.1, 0.15) is 22.9 Å². The van der Waals surface area contributed by atoms with Gasteiger partial charge in [-0.1, -0.05) is 6.42 Å². The molecule has 0 spiro atoms. The van der Waals surface area contributed by atoms with Crippen LogP contribution in [0.25, 0.3) is 11.6 Å². The minimum Gasteiger partial charge on any atom is -0.471 e. The molecule has 0 saturated carbocycles. The number of hydrogen-bond acceptors (Lipinski definition) is 11. The minimum atomic E-state index is -5.33. The fourth-order valence-corrected chi connectivity index (χ4v) is 4.12. The van der Waals surface area contributed by atoms with Gasteiger partial charge in [0.05, 0.1) is 12.3 Å². The molecular weight excluding hydrogens is 622 g/mol. The van der Waals surface area contributed by atoms with E-state index >= 15 is 0 Å². The number of anilines is 1. The summed E-state index contributed by atoms with van der Waals surface area (Å²) < 4.78 is 107. The van der Waals surface area contributed by atoms with E-state index < -0.39 is 95.1 Å². The van der Waals surface area contributed by atoms with Gasteiger partial charge < -0.3 is 28.8 Å². The number of aliphatic hydroxyl groups is 2. The van der Waals surface area contributed by atoms with Crippen LogP contribution in [-0.4, -0.2) is 67.7 Å². The van der Waals surface area contributed by atoms with Crippen LogP contribution in [0.5, 0.6) is 5.88 Å². The lowest BCUT2D eigenvalue weighted by atomic mass is 9.94. The Morgan fingerprint density at radius 2 is 1.56 bits per heavy atom. The number of hydrogen-bond donors (Lipinski definition) is 2. The van der Waals surface area contributed by atoms with Gasteiger partial charge in [-0.3, -0.25) is 0 Å². The molecule has 2 aromatic heterocycles. The van der Waals surface area contributed by atoms with Crippen molar-refractivity contribution in [3.8, 4) is 17.5 Å². The zero-order valence-corrected chi connectivity index (χ0v) is 25.3. The number of ether oxygens (including phenoxy) is 3. The van der Waals surface area contributed by atoms with Gasteiger partial charge in [0, 0.05) is 0 Å².